The summed E-state index contributed by atoms with van der Waals surface area (Å²) in [6.07, 6.45) is 2.99. The molecule has 0 saturated carbocycles. The molecule has 44 heavy (non-hydrogen) atoms. The number of carbonyl (C=O) groups excluding carboxylic acids is 1. The summed E-state index contributed by atoms with van der Waals surface area (Å²) in [6.45, 7) is 1.68. The van der Waals surface area contributed by atoms with Crippen molar-refractivity contribution in [3.63, 3.8) is 0 Å². The summed E-state index contributed by atoms with van der Waals surface area (Å²) in [7, 11) is 1.74. The molecule has 0 bridgehead atoms. The third kappa shape index (κ3) is 5.17. The molecule has 0 fully saturated rings. The van der Waals surface area contributed by atoms with Crippen molar-refractivity contribution < 1.29 is 28.2 Å². The van der Waals surface area contributed by atoms with Gasteiger partial charge in [0.05, 0.1) is 17.9 Å². The minimum absolute atomic E-state index is 0.0684. The Kier molecular flexibility index (Phi) is 6.97. The topological polar surface area (TPSA) is 133 Å². The van der Waals surface area contributed by atoms with Crippen LogP contribution in [0.5, 0.6) is 11.5 Å². The van der Waals surface area contributed by atoms with Crippen LogP contribution in [0.15, 0.2) is 90.1 Å². The third-order valence-corrected chi connectivity index (χ3v) is 6.95. The fourth-order valence-corrected chi connectivity index (χ4v) is 4.75. The monoisotopic (exact) mass is 596 g/mol. The number of carbonyl (C=O) groups is 2. The van der Waals surface area contributed by atoms with Crippen LogP contribution in [0.2, 0.25) is 0 Å². The van der Waals surface area contributed by atoms with Crippen LogP contribution in [0, 0.1) is 18.6 Å². The molecular formula is C31H22F2N6O5. The fourth-order valence-electron chi connectivity index (χ4n) is 4.75. The average Bonchev–Trinajstić information content (AvgIpc) is 3.62. The lowest BCUT2D eigenvalue weighted by atomic mass is 10.1. The average molecular weight is 597 g/mol. The van der Waals surface area contributed by atoms with Crippen LogP contribution in [-0.2, 0) is 7.05 Å². The number of anilines is 1. The van der Waals surface area contributed by atoms with E-state index < -0.39 is 29.2 Å². The molecule has 0 atom stereocenters. The van der Waals surface area contributed by atoms with Gasteiger partial charge in [-0.25, -0.2) is 13.6 Å². The molecule has 220 valence electrons. The minimum Gasteiger partial charge on any atom is -0.463 e. The smallest absolute Gasteiger partial charge is 0.432 e. The van der Waals surface area contributed by atoms with E-state index in [-0.39, 0.29) is 22.7 Å². The van der Waals surface area contributed by atoms with Gasteiger partial charge in [0.1, 0.15) is 17.1 Å². The summed E-state index contributed by atoms with van der Waals surface area (Å²) in [6, 6.07) is 15.4. The van der Waals surface area contributed by atoms with Gasteiger partial charge >= 0.3 is 6.09 Å². The first-order valence-corrected chi connectivity index (χ1v) is 13.1. The number of nitrogens with zero attached hydrogens (tertiary/aromatic N) is 5. The van der Waals surface area contributed by atoms with Crippen molar-refractivity contribution in [2.24, 2.45) is 7.05 Å². The number of fused-ring (bicyclic) bond motifs is 1. The van der Waals surface area contributed by atoms with Gasteiger partial charge in [-0.2, -0.15) is 14.9 Å². The predicted octanol–water partition coefficient (Wildman–Crippen LogP) is 5.75. The Bertz CT molecular complexity index is 2150. The lowest BCUT2D eigenvalue weighted by Crippen LogP contribution is -2.29. The molecule has 0 saturated heterocycles. The Balaban J connectivity index is 1.28. The molecule has 3 heterocycles. The van der Waals surface area contributed by atoms with Gasteiger partial charge in [0.2, 0.25) is 0 Å². The summed E-state index contributed by atoms with van der Waals surface area (Å²) >= 11 is 0. The Morgan fingerprint density at radius 3 is 2.41 bits per heavy atom. The molecule has 3 aromatic heterocycles. The van der Waals surface area contributed by atoms with E-state index in [1.165, 1.54) is 59.4 Å². The SMILES string of the molecule is Cc1ccc(C(=O)Nc2ccc(Oc3cc4cnn(C)c4cc3-c3cnn(C(=O)O)c3)c(F)c2)c(=O)n1-c1ccc(F)cc1. The second-order valence-electron chi connectivity index (χ2n) is 9.84. The Morgan fingerprint density at radius 1 is 0.932 bits per heavy atom. The summed E-state index contributed by atoms with van der Waals surface area (Å²) in [5.41, 5.74) is 1.75. The normalized spacial score (nSPS) is 11.1. The molecule has 0 aliphatic heterocycles. The van der Waals surface area contributed by atoms with E-state index in [4.69, 9.17) is 4.74 Å². The Labute approximate surface area is 247 Å². The number of ether oxygens (including phenoxy) is 1. The molecule has 0 aliphatic rings. The highest BCUT2D eigenvalue weighted by Gasteiger charge is 2.19. The molecule has 0 aliphatic carbocycles. The maximum Gasteiger partial charge on any atom is 0.432 e. The van der Waals surface area contributed by atoms with Gasteiger partial charge in [-0.05, 0) is 67.6 Å². The first-order chi connectivity index (χ1) is 21.1. The number of hydrogen-bond donors (Lipinski definition) is 2. The minimum atomic E-state index is -1.27. The van der Waals surface area contributed by atoms with Crippen LogP contribution < -0.4 is 15.6 Å². The molecule has 0 radical (unpaired) electrons. The van der Waals surface area contributed by atoms with E-state index in [0.29, 0.717) is 27.9 Å². The van der Waals surface area contributed by atoms with Crippen molar-refractivity contribution in [2.45, 2.75) is 6.92 Å². The second-order valence-corrected chi connectivity index (χ2v) is 9.84. The number of nitrogens with one attached hydrogen (secondary N) is 1. The van der Waals surface area contributed by atoms with Gasteiger partial charge in [0.25, 0.3) is 11.5 Å². The van der Waals surface area contributed by atoms with E-state index in [1.807, 2.05) is 0 Å². The van der Waals surface area contributed by atoms with E-state index in [1.54, 1.807) is 43.0 Å². The Morgan fingerprint density at radius 2 is 1.70 bits per heavy atom. The number of amides is 1. The van der Waals surface area contributed by atoms with Gasteiger partial charge < -0.3 is 15.2 Å². The summed E-state index contributed by atoms with van der Waals surface area (Å²) in [5, 5.41) is 20.6. The Hall–Kier alpha value is -6.11. The van der Waals surface area contributed by atoms with Crippen molar-refractivity contribution in [1.29, 1.82) is 0 Å². The van der Waals surface area contributed by atoms with Gasteiger partial charge in [-0.3, -0.25) is 18.8 Å². The first kappa shape index (κ1) is 28.0. The third-order valence-electron chi connectivity index (χ3n) is 6.95. The summed E-state index contributed by atoms with van der Waals surface area (Å²) < 4.78 is 38.3. The van der Waals surface area contributed by atoms with Crippen molar-refractivity contribution in [3.8, 4) is 28.3 Å². The molecular weight excluding hydrogens is 574 g/mol. The largest absolute Gasteiger partial charge is 0.463 e. The second kappa shape index (κ2) is 10.9. The number of carboxylic acid groups (broad SMARTS) is 1. The standard InChI is InChI=1S/C31H22F2N6O5/c1-17-3-9-23(30(41)39(17)22-7-4-20(32)5-8-22)29(40)36-21-6-10-27(25(33)12-21)44-28-11-18-14-34-37(2)26(18)13-24(28)19-15-35-38(16-19)31(42)43/h3-16H,1-2H3,(H,36,40)(H,42,43). The highest BCUT2D eigenvalue weighted by Crippen LogP contribution is 2.38. The lowest BCUT2D eigenvalue weighted by molar-refractivity contribution is 0.102. The number of aryl methyl sites for hydroxylation is 2. The van der Waals surface area contributed by atoms with Crippen LogP contribution in [0.4, 0.5) is 19.3 Å². The zero-order valence-corrected chi connectivity index (χ0v) is 23.2. The van der Waals surface area contributed by atoms with E-state index in [9.17, 15) is 23.9 Å². The molecule has 2 N–H and O–H groups in total. The fraction of sp³-hybridized carbons (Fsp3) is 0.0645. The molecule has 1 amide bonds. The van der Waals surface area contributed by atoms with Crippen LogP contribution in [0.1, 0.15) is 16.1 Å². The maximum atomic E-state index is 15.3. The summed E-state index contributed by atoms with van der Waals surface area (Å²) in [4.78, 5) is 37.6. The van der Waals surface area contributed by atoms with Crippen LogP contribution in [0.25, 0.3) is 27.7 Å². The molecule has 0 unspecified atom stereocenters. The number of pyridine rings is 1. The van der Waals surface area contributed by atoms with Gasteiger partial charge in [-0.1, -0.05) is 0 Å². The number of rotatable bonds is 6. The number of benzene rings is 3. The van der Waals surface area contributed by atoms with E-state index in [0.717, 1.165) is 16.3 Å². The zero-order valence-electron chi connectivity index (χ0n) is 23.2. The number of hydrogen-bond acceptors (Lipinski definition) is 6. The van der Waals surface area contributed by atoms with Crippen LogP contribution in [-0.4, -0.2) is 41.2 Å². The highest BCUT2D eigenvalue weighted by molar-refractivity contribution is 6.04. The van der Waals surface area contributed by atoms with E-state index >= 15 is 4.39 Å². The summed E-state index contributed by atoms with van der Waals surface area (Å²) in [5.74, 6) is -2.00. The molecule has 3 aromatic carbocycles. The van der Waals surface area contributed by atoms with Gasteiger partial charge in [-0.15, -0.1) is 0 Å². The quantitative estimate of drug-likeness (QED) is 0.250. The lowest BCUT2D eigenvalue weighted by Gasteiger charge is -2.14. The molecule has 13 heteroatoms. The molecule has 0 spiro atoms. The molecule has 6 aromatic rings. The molecule has 6 rings (SSSR count). The first-order valence-electron chi connectivity index (χ1n) is 13.1. The maximum absolute atomic E-state index is 15.3. The van der Waals surface area contributed by atoms with E-state index in [2.05, 4.69) is 15.5 Å². The van der Waals surface area contributed by atoms with Crippen molar-refractivity contribution >= 4 is 28.6 Å². The van der Waals surface area contributed by atoms with Gasteiger partial charge in [0, 0.05) is 52.9 Å². The predicted molar refractivity (Wildman–Crippen MR) is 157 cm³/mol. The zero-order chi connectivity index (χ0) is 31.1. The van der Waals surface area contributed by atoms with Crippen LogP contribution >= 0.6 is 0 Å². The van der Waals surface area contributed by atoms with Gasteiger partial charge in [0.15, 0.2) is 11.6 Å². The van der Waals surface area contributed by atoms with Crippen molar-refractivity contribution in [1.82, 2.24) is 24.1 Å². The number of aromatic nitrogens is 5. The molecule has 11 nitrogen and oxygen atoms in total. The highest BCUT2D eigenvalue weighted by atomic mass is 19.1. The van der Waals surface area contributed by atoms with Crippen molar-refractivity contribution in [3.05, 3.63) is 119 Å². The number of halogens is 2. The van der Waals surface area contributed by atoms with Crippen molar-refractivity contribution in [2.75, 3.05) is 5.32 Å². The van der Waals surface area contributed by atoms with Crippen LogP contribution in [0.3, 0.4) is 0 Å².